The molecule has 7 nitrogen and oxygen atoms in total. The van der Waals surface area contributed by atoms with E-state index in [1.54, 1.807) is 0 Å². The van der Waals surface area contributed by atoms with E-state index in [1.807, 2.05) is 18.5 Å². The number of hydrogen-bond acceptors (Lipinski definition) is 6. The number of aromatic nitrogens is 2. The van der Waals surface area contributed by atoms with Gasteiger partial charge in [-0.1, -0.05) is 0 Å². The Morgan fingerprint density at radius 2 is 1.70 bits per heavy atom. The molecule has 0 amide bonds. The van der Waals surface area contributed by atoms with Crippen molar-refractivity contribution in [1.29, 1.82) is 0 Å². The fraction of sp³-hybridized carbons (Fsp3) is 0.750. The van der Waals surface area contributed by atoms with Crippen LogP contribution in [0.4, 0.5) is 19.1 Å². The number of hydrogen-bond donors (Lipinski definition) is 1. The van der Waals surface area contributed by atoms with Crippen molar-refractivity contribution in [3.63, 3.8) is 0 Å². The number of aliphatic carboxylic acids is 1. The molecule has 0 bridgehead atoms. The van der Waals surface area contributed by atoms with Crippen LogP contribution in [0.15, 0.2) is 18.5 Å². The lowest BCUT2D eigenvalue weighted by Crippen LogP contribution is -2.52. The minimum Gasteiger partial charge on any atom is -0.475 e. The third kappa shape index (κ3) is 6.04. The van der Waals surface area contributed by atoms with Crippen molar-refractivity contribution in [1.82, 2.24) is 14.9 Å². The second-order valence-electron chi connectivity index (χ2n) is 8.26. The quantitative estimate of drug-likeness (QED) is 0.773. The highest BCUT2D eigenvalue weighted by atomic mass is 19.4. The SMILES string of the molecule is O=C(O)C(F)(F)F.c1cnc(N2CCCC3(CCN(C4CCOCC4)CC3)C2)nc1. The standard InChI is InChI=1S/C18H28N4O.C2HF3O2/c1-5-18(15-22(10-1)17-19-8-2-9-20-17)6-11-21(12-7-18)16-3-13-23-14-4-16;3-2(4,5)1(6)7/h2,8-9,16H,1,3-7,10-15H2;(H,6,7). The number of anilines is 1. The number of carbonyl (C=O) groups is 1. The summed E-state index contributed by atoms with van der Waals surface area (Å²) >= 11 is 0. The molecule has 1 aromatic rings. The first-order valence-electron chi connectivity index (χ1n) is 10.4. The molecule has 0 unspecified atom stereocenters. The normalized spacial score (nSPS) is 23.0. The number of alkyl halides is 3. The Morgan fingerprint density at radius 1 is 1.10 bits per heavy atom. The maximum atomic E-state index is 10.6. The molecule has 0 aliphatic carbocycles. The molecule has 3 aliphatic heterocycles. The summed E-state index contributed by atoms with van der Waals surface area (Å²) in [4.78, 5) is 23.0. The number of ether oxygens (including phenoxy) is 1. The van der Waals surface area contributed by atoms with Crippen LogP contribution < -0.4 is 4.90 Å². The number of halogens is 3. The molecule has 0 saturated carbocycles. The summed E-state index contributed by atoms with van der Waals surface area (Å²) < 4.78 is 37.3. The summed E-state index contributed by atoms with van der Waals surface area (Å²) in [6, 6.07) is 2.66. The lowest BCUT2D eigenvalue weighted by molar-refractivity contribution is -0.192. The van der Waals surface area contributed by atoms with Crippen LogP contribution in [0.1, 0.15) is 38.5 Å². The third-order valence-electron chi connectivity index (χ3n) is 6.30. The molecule has 10 heteroatoms. The molecular formula is C20H29F3N4O3. The van der Waals surface area contributed by atoms with Gasteiger partial charge in [0.1, 0.15) is 0 Å². The second kappa shape index (κ2) is 9.91. The van der Waals surface area contributed by atoms with Crippen molar-refractivity contribution in [3.05, 3.63) is 18.5 Å². The number of carboxylic acid groups (broad SMARTS) is 1. The molecular weight excluding hydrogens is 401 g/mol. The Bertz CT molecular complexity index is 676. The molecule has 4 rings (SSSR count). The number of rotatable bonds is 2. The maximum Gasteiger partial charge on any atom is 0.490 e. The van der Waals surface area contributed by atoms with Crippen molar-refractivity contribution >= 4 is 11.9 Å². The first-order valence-corrected chi connectivity index (χ1v) is 10.4. The largest absolute Gasteiger partial charge is 0.490 e. The minimum atomic E-state index is -5.08. The van der Waals surface area contributed by atoms with Crippen LogP contribution in [-0.2, 0) is 9.53 Å². The van der Waals surface area contributed by atoms with Crippen LogP contribution in [0.25, 0.3) is 0 Å². The number of carboxylic acids is 1. The van der Waals surface area contributed by atoms with E-state index in [4.69, 9.17) is 14.6 Å². The van der Waals surface area contributed by atoms with Gasteiger partial charge in [-0.05, 0) is 63.1 Å². The van der Waals surface area contributed by atoms with Crippen molar-refractivity contribution in [3.8, 4) is 0 Å². The van der Waals surface area contributed by atoms with Crippen molar-refractivity contribution in [2.75, 3.05) is 44.3 Å². The van der Waals surface area contributed by atoms with E-state index in [0.717, 1.165) is 38.3 Å². The number of piperidine rings is 2. The summed E-state index contributed by atoms with van der Waals surface area (Å²) in [7, 11) is 0. The molecule has 1 spiro atoms. The van der Waals surface area contributed by atoms with E-state index in [0.29, 0.717) is 5.41 Å². The van der Waals surface area contributed by atoms with Gasteiger partial charge in [-0.3, -0.25) is 0 Å². The third-order valence-corrected chi connectivity index (χ3v) is 6.30. The topological polar surface area (TPSA) is 78.8 Å². The van der Waals surface area contributed by atoms with Gasteiger partial charge < -0.3 is 19.6 Å². The van der Waals surface area contributed by atoms with E-state index in [9.17, 15) is 13.2 Å². The molecule has 0 radical (unpaired) electrons. The van der Waals surface area contributed by atoms with Gasteiger partial charge >= 0.3 is 12.1 Å². The predicted octanol–water partition coefficient (Wildman–Crippen LogP) is 2.97. The van der Waals surface area contributed by atoms with Crippen LogP contribution >= 0.6 is 0 Å². The average molecular weight is 430 g/mol. The summed E-state index contributed by atoms with van der Waals surface area (Å²) in [6.45, 7) is 6.66. The zero-order chi connectivity index (χ0) is 21.6. The molecule has 3 aliphatic rings. The maximum absolute atomic E-state index is 10.6. The summed E-state index contributed by atoms with van der Waals surface area (Å²) in [5.74, 6) is -1.84. The van der Waals surface area contributed by atoms with E-state index in [-0.39, 0.29) is 0 Å². The van der Waals surface area contributed by atoms with Gasteiger partial charge in [0.05, 0.1) is 0 Å². The smallest absolute Gasteiger partial charge is 0.475 e. The van der Waals surface area contributed by atoms with Crippen molar-refractivity contribution in [2.45, 2.75) is 50.7 Å². The van der Waals surface area contributed by atoms with Gasteiger partial charge in [0, 0.05) is 44.7 Å². The average Bonchev–Trinajstić information content (AvgIpc) is 2.75. The van der Waals surface area contributed by atoms with Crippen LogP contribution in [0.2, 0.25) is 0 Å². The Labute approximate surface area is 174 Å². The summed E-state index contributed by atoms with van der Waals surface area (Å²) in [6.07, 6.45) is 6.37. The molecule has 1 aromatic heterocycles. The zero-order valence-electron chi connectivity index (χ0n) is 17.0. The van der Waals surface area contributed by atoms with Gasteiger partial charge in [-0.2, -0.15) is 13.2 Å². The number of likely N-dealkylation sites (tertiary alicyclic amines) is 1. The van der Waals surface area contributed by atoms with Gasteiger partial charge in [-0.15, -0.1) is 0 Å². The molecule has 30 heavy (non-hydrogen) atoms. The monoisotopic (exact) mass is 430 g/mol. The minimum absolute atomic E-state index is 0.485. The fourth-order valence-electron chi connectivity index (χ4n) is 4.66. The van der Waals surface area contributed by atoms with E-state index in [1.165, 1.54) is 51.6 Å². The van der Waals surface area contributed by atoms with Gasteiger partial charge in [0.25, 0.3) is 0 Å². The van der Waals surface area contributed by atoms with E-state index < -0.39 is 12.1 Å². The van der Waals surface area contributed by atoms with Crippen LogP contribution in [0.3, 0.4) is 0 Å². The van der Waals surface area contributed by atoms with Crippen molar-refractivity contribution < 1.29 is 27.8 Å². The van der Waals surface area contributed by atoms with E-state index in [2.05, 4.69) is 19.8 Å². The van der Waals surface area contributed by atoms with Crippen LogP contribution in [0.5, 0.6) is 0 Å². The first kappa shape index (κ1) is 22.7. The van der Waals surface area contributed by atoms with Gasteiger partial charge in [0.15, 0.2) is 0 Å². The van der Waals surface area contributed by atoms with E-state index >= 15 is 0 Å². The first-order chi connectivity index (χ1) is 14.3. The van der Waals surface area contributed by atoms with Gasteiger partial charge in [0.2, 0.25) is 5.95 Å². The molecule has 0 atom stereocenters. The second-order valence-corrected chi connectivity index (χ2v) is 8.26. The Hall–Kier alpha value is -1.94. The molecule has 1 N–H and O–H groups in total. The highest BCUT2D eigenvalue weighted by molar-refractivity contribution is 5.73. The Balaban J connectivity index is 0.000000318. The summed E-state index contributed by atoms with van der Waals surface area (Å²) in [5.41, 5.74) is 0.485. The fourth-order valence-corrected chi connectivity index (χ4v) is 4.66. The molecule has 3 saturated heterocycles. The Morgan fingerprint density at radius 3 is 2.27 bits per heavy atom. The van der Waals surface area contributed by atoms with Gasteiger partial charge in [-0.25, -0.2) is 14.8 Å². The molecule has 0 aromatic carbocycles. The van der Waals surface area contributed by atoms with Crippen LogP contribution in [-0.4, -0.2) is 77.6 Å². The van der Waals surface area contributed by atoms with Crippen molar-refractivity contribution in [2.24, 2.45) is 5.41 Å². The number of nitrogens with zero attached hydrogens (tertiary/aromatic N) is 4. The lowest BCUT2D eigenvalue weighted by Gasteiger charge is -2.49. The molecule has 4 heterocycles. The highest BCUT2D eigenvalue weighted by Crippen LogP contribution is 2.41. The summed E-state index contributed by atoms with van der Waals surface area (Å²) in [5, 5.41) is 7.12. The zero-order valence-corrected chi connectivity index (χ0v) is 17.0. The predicted molar refractivity (Wildman–Crippen MR) is 104 cm³/mol. The molecule has 3 fully saturated rings. The highest BCUT2D eigenvalue weighted by Gasteiger charge is 2.40. The molecule has 168 valence electrons. The lowest BCUT2D eigenvalue weighted by atomic mass is 9.72. The van der Waals surface area contributed by atoms with Crippen LogP contribution in [0, 0.1) is 5.41 Å². The Kier molecular flexibility index (Phi) is 7.51.